The van der Waals surface area contributed by atoms with Crippen LogP contribution in [0.2, 0.25) is 0 Å². The summed E-state index contributed by atoms with van der Waals surface area (Å²) in [5, 5.41) is 5.85. The summed E-state index contributed by atoms with van der Waals surface area (Å²) in [5.74, 6) is -0.227. The zero-order valence-corrected chi connectivity index (χ0v) is 12.6. The molecule has 1 aliphatic rings. The molecule has 0 unspecified atom stereocenters. The Morgan fingerprint density at radius 2 is 2.00 bits per heavy atom. The monoisotopic (exact) mass is 286 g/mol. The van der Waals surface area contributed by atoms with Gasteiger partial charge in [0.25, 0.3) is 5.91 Å². The predicted molar refractivity (Wildman–Crippen MR) is 76.6 cm³/mol. The Labute approximate surface area is 120 Å². The van der Waals surface area contributed by atoms with Crippen molar-refractivity contribution in [1.29, 1.82) is 0 Å². The highest BCUT2D eigenvalue weighted by atomic mass is 16.6. The van der Waals surface area contributed by atoms with E-state index in [9.17, 15) is 9.59 Å². The van der Waals surface area contributed by atoms with Crippen LogP contribution in [0.1, 0.15) is 12.8 Å². The van der Waals surface area contributed by atoms with Crippen LogP contribution < -0.4 is 10.6 Å². The van der Waals surface area contributed by atoms with Gasteiger partial charge in [0.2, 0.25) is 0 Å². The van der Waals surface area contributed by atoms with Crippen LogP contribution in [0.4, 0.5) is 4.79 Å². The number of hydrogen-bond acceptors (Lipinski definition) is 5. The number of nitrogens with one attached hydrogen (secondary N) is 2. The summed E-state index contributed by atoms with van der Waals surface area (Å²) >= 11 is 0. The first kappa shape index (κ1) is 16.7. The summed E-state index contributed by atoms with van der Waals surface area (Å²) in [6.45, 7) is 2.99. The molecule has 1 saturated heterocycles. The third kappa shape index (κ3) is 6.21. The number of amides is 2. The lowest BCUT2D eigenvalue weighted by atomic mass is 10.1. The van der Waals surface area contributed by atoms with Gasteiger partial charge in [-0.2, -0.15) is 0 Å². The van der Waals surface area contributed by atoms with Gasteiger partial charge in [-0.3, -0.25) is 4.79 Å². The first-order chi connectivity index (χ1) is 9.52. The fraction of sp³-hybridized carbons (Fsp3) is 0.846. The lowest BCUT2D eigenvalue weighted by Crippen LogP contribution is -2.45. The Balaban J connectivity index is 2.17. The highest BCUT2D eigenvalue weighted by molar-refractivity contribution is 5.80. The standard InChI is InChI=1S/C13H26N4O3/c1-14-6-9-17(3)13(19)20-10-12(18)15-11-4-7-16(2)8-5-11/h11,14H,4-10H2,1-3H3,(H,15,18). The second kappa shape index (κ2) is 8.76. The zero-order valence-electron chi connectivity index (χ0n) is 12.6. The fourth-order valence-corrected chi connectivity index (χ4v) is 2.03. The van der Waals surface area contributed by atoms with E-state index in [0.29, 0.717) is 13.1 Å². The molecule has 0 bridgehead atoms. The Bertz CT molecular complexity index is 317. The van der Waals surface area contributed by atoms with Crippen LogP contribution in [0, 0.1) is 0 Å². The number of ether oxygens (including phenoxy) is 1. The number of likely N-dealkylation sites (tertiary alicyclic amines) is 1. The van der Waals surface area contributed by atoms with Crippen molar-refractivity contribution in [3.8, 4) is 0 Å². The van der Waals surface area contributed by atoms with Crippen molar-refractivity contribution in [3.63, 3.8) is 0 Å². The lowest BCUT2D eigenvalue weighted by Gasteiger charge is -2.29. The van der Waals surface area contributed by atoms with E-state index in [1.807, 2.05) is 7.05 Å². The Morgan fingerprint density at radius 1 is 1.35 bits per heavy atom. The maximum atomic E-state index is 11.7. The zero-order chi connectivity index (χ0) is 15.0. The van der Waals surface area contributed by atoms with Crippen LogP contribution in [0.25, 0.3) is 0 Å². The molecule has 116 valence electrons. The van der Waals surface area contributed by atoms with Gasteiger partial charge in [0, 0.05) is 26.2 Å². The normalized spacial score (nSPS) is 16.8. The molecule has 1 aliphatic heterocycles. The Morgan fingerprint density at radius 3 is 2.60 bits per heavy atom. The highest BCUT2D eigenvalue weighted by Gasteiger charge is 2.19. The van der Waals surface area contributed by atoms with E-state index in [4.69, 9.17) is 4.74 Å². The van der Waals surface area contributed by atoms with Gasteiger partial charge in [-0.05, 0) is 40.0 Å². The third-order valence-electron chi connectivity index (χ3n) is 3.42. The van der Waals surface area contributed by atoms with Gasteiger partial charge >= 0.3 is 6.09 Å². The van der Waals surface area contributed by atoms with Gasteiger partial charge in [-0.15, -0.1) is 0 Å². The lowest BCUT2D eigenvalue weighted by molar-refractivity contribution is -0.125. The van der Waals surface area contributed by atoms with Crippen molar-refractivity contribution in [2.24, 2.45) is 0 Å². The van der Waals surface area contributed by atoms with Gasteiger partial charge in [0.15, 0.2) is 6.61 Å². The Hall–Kier alpha value is -1.34. The molecule has 0 saturated carbocycles. The second-order valence-corrected chi connectivity index (χ2v) is 5.22. The summed E-state index contributed by atoms with van der Waals surface area (Å²) in [5.41, 5.74) is 0. The van der Waals surface area contributed by atoms with Gasteiger partial charge in [-0.25, -0.2) is 4.79 Å². The molecule has 1 rings (SSSR count). The van der Waals surface area contributed by atoms with Crippen molar-refractivity contribution < 1.29 is 14.3 Å². The van der Waals surface area contributed by atoms with E-state index in [0.717, 1.165) is 25.9 Å². The molecule has 0 aromatic heterocycles. The Kier molecular flexibility index (Phi) is 7.32. The number of carbonyl (C=O) groups is 2. The minimum absolute atomic E-state index is 0.194. The van der Waals surface area contributed by atoms with Crippen LogP contribution in [0.15, 0.2) is 0 Å². The number of rotatable bonds is 6. The first-order valence-electron chi connectivity index (χ1n) is 7.03. The number of likely N-dealkylation sites (N-methyl/N-ethyl adjacent to an activating group) is 2. The van der Waals surface area contributed by atoms with E-state index in [2.05, 4.69) is 22.6 Å². The summed E-state index contributed by atoms with van der Waals surface area (Å²) in [7, 11) is 5.53. The minimum Gasteiger partial charge on any atom is -0.439 e. The third-order valence-corrected chi connectivity index (χ3v) is 3.42. The molecule has 0 aromatic rings. The van der Waals surface area contributed by atoms with Crippen molar-refractivity contribution in [2.45, 2.75) is 18.9 Å². The molecular formula is C13H26N4O3. The smallest absolute Gasteiger partial charge is 0.410 e. The van der Waals surface area contributed by atoms with Crippen LogP contribution in [0.5, 0.6) is 0 Å². The number of hydrogen-bond donors (Lipinski definition) is 2. The van der Waals surface area contributed by atoms with Gasteiger partial charge in [0.1, 0.15) is 0 Å². The van der Waals surface area contributed by atoms with E-state index < -0.39 is 6.09 Å². The molecule has 0 aliphatic carbocycles. The van der Waals surface area contributed by atoms with Crippen molar-refractivity contribution in [3.05, 3.63) is 0 Å². The molecule has 0 atom stereocenters. The fourth-order valence-electron chi connectivity index (χ4n) is 2.03. The van der Waals surface area contributed by atoms with Crippen LogP contribution in [-0.4, -0.2) is 81.8 Å². The van der Waals surface area contributed by atoms with E-state index >= 15 is 0 Å². The molecule has 7 nitrogen and oxygen atoms in total. The van der Waals surface area contributed by atoms with Crippen LogP contribution in [0.3, 0.4) is 0 Å². The molecule has 20 heavy (non-hydrogen) atoms. The van der Waals surface area contributed by atoms with E-state index in [1.165, 1.54) is 4.90 Å². The molecule has 1 heterocycles. The molecule has 2 amide bonds. The van der Waals surface area contributed by atoms with Crippen molar-refractivity contribution in [2.75, 3.05) is 53.9 Å². The van der Waals surface area contributed by atoms with E-state index in [1.54, 1.807) is 7.05 Å². The summed E-state index contributed by atoms with van der Waals surface area (Å²) < 4.78 is 4.96. The molecule has 0 spiro atoms. The molecule has 1 fully saturated rings. The molecule has 0 radical (unpaired) electrons. The quantitative estimate of drug-likeness (QED) is 0.687. The van der Waals surface area contributed by atoms with Crippen molar-refractivity contribution in [1.82, 2.24) is 20.4 Å². The van der Waals surface area contributed by atoms with Crippen molar-refractivity contribution >= 4 is 12.0 Å². The van der Waals surface area contributed by atoms with Gasteiger partial charge in [0.05, 0.1) is 0 Å². The van der Waals surface area contributed by atoms with Gasteiger partial charge in [-0.1, -0.05) is 0 Å². The summed E-state index contributed by atoms with van der Waals surface area (Å²) in [6, 6.07) is 0.194. The summed E-state index contributed by atoms with van der Waals surface area (Å²) in [4.78, 5) is 27.0. The number of piperidine rings is 1. The number of nitrogens with zero attached hydrogens (tertiary/aromatic N) is 2. The van der Waals surface area contributed by atoms with Gasteiger partial charge < -0.3 is 25.2 Å². The largest absolute Gasteiger partial charge is 0.439 e. The second-order valence-electron chi connectivity index (χ2n) is 5.22. The minimum atomic E-state index is -0.473. The first-order valence-corrected chi connectivity index (χ1v) is 7.03. The maximum Gasteiger partial charge on any atom is 0.410 e. The molecular weight excluding hydrogens is 260 g/mol. The van der Waals surface area contributed by atoms with Crippen LogP contribution in [-0.2, 0) is 9.53 Å². The molecule has 2 N–H and O–H groups in total. The maximum absolute atomic E-state index is 11.7. The summed E-state index contributed by atoms with van der Waals surface area (Å²) in [6.07, 6.45) is 1.41. The number of carbonyl (C=O) groups excluding carboxylic acids is 2. The molecule has 7 heteroatoms. The SMILES string of the molecule is CNCCN(C)C(=O)OCC(=O)NC1CCN(C)CC1. The molecule has 0 aromatic carbocycles. The van der Waals surface area contributed by atoms with Crippen LogP contribution >= 0.6 is 0 Å². The predicted octanol–water partition coefficient (Wildman–Crippen LogP) is -0.515. The average Bonchev–Trinajstić information content (AvgIpc) is 2.44. The average molecular weight is 286 g/mol. The van der Waals surface area contributed by atoms with E-state index in [-0.39, 0.29) is 18.6 Å². The highest BCUT2D eigenvalue weighted by Crippen LogP contribution is 2.07. The topological polar surface area (TPSA) is 73.9 Å².